The number of aryl methyl sites for hydroxylation is 1. The third-order valence-corrected chi connectivity index (χ3v) is 4.16. The third kappa shape index (κ3) is 4.39. The second-order valence-electron chi connectivity index (χ2n) is 5.94. The zero-order chi connectivity index (χ0) is 16.2. The molecule has 4 heteroatoms. The lowest BCUT2D eigenvalue weighted by Crippen LogP contribution is -2.45. The van der Waals surface area contributed by atoms with Crippen LogP contribution in [0.4, 0.5) is 0 Å². The number of benzene rings is 1. The van der Waals surface area contributed by atoms with Crippen molar-refractivity contribution in [2.45, 2.75) is 46.6 Å². The fraction of sp³-hybridized carbons (Fsp3) is 0.529. The highest BCUT2D eigenvalue weighted by Gasteiger charge is 2.27. The molecule has 1 aromatic rings. The molecule has 4 nitrogen and oxygen atoms in total. The number of hydrogen-bond donors (Lipinski definition) is 2. The average Bonchev–Trinajstić information content (AvgIpc) is 2.44. The summed E-state index contributed by atoms with van der Waals surface area (Å²) in [6.07, 6.45) is 0.835. The van der Waals surface area contributed by atoms with Crippen molar-refractivity contribution in [1.82, 2.24) is 5.32 Å². The lowest BCUT2D eigenvalue weighted by Gasteiger charge is -2.29. The number of ketones is 1. The van der Waals surface area contributed by atoms with E-state index in [9.17, 15) is 14.7 Å². The molecule has 116 valence electrons. The molecule has 0 saturated carbocycles. The molecular weight excluding hydrogens is 266 g/mol. The van der Waals surface area contributed by atoms with E-state index in [0.717, 1.165) is 12.0 Å². The quantitative estimate of drug-likeness (QED) is 0.792. The molecule has 0 aliphatic heterocycles. The first kappa shape index (κ1) is 17.4. The molecule has 1 aromatic carbocycles. The SMILES string of the molecule is CC[C@@H](C)[C@](C)(O)CNC(=O)c1ccc(C)c(C(C)=O)c1. The Labute approximate surface area is 126 Å². The molecule has 0 fully saturated rings. The summed E-state index contributed by atoms with van der Waals surface area (Å²) in [7, 11) is 0. The molecule has 0 bridgehead atoms. The van der Waals surface area contributed by atoms with Crippen LogP contribution in [-0.4, -0.2) is 28.9 Å². The van der Waals surface area contributed by atoms with Crippen molar-refractivity contribution in [3.63, 3.8) is 0 Å². The number of amides is 1. The van der Waals surface area contributed by atoms with Crippen LogP contribution in [0.2, 0.25) is 0 Å². The molecule has 0 spiro atoms. The van der Waals surface area contributed by atoms with E-state index in [2.05, 4.69) is 5.32 Å². The fourth-order valence-electron chi connectivity index (χ4n) is 2.12. The number of carbonyl (C=O) groups is 2. The van der Waals surface area contributed by atoms with Crippen LogP contribution in [-0.2, 0) is 0 Å². The summed E-state index contributed by atoms with van der Waals surface area (Å²) in [5, 5.41) is 13.0. The van der Waals surface area contributed by atoms with Crippen LogP contribution in [0.25, 0.3) is 0 Å². The minimum Gasteiger partial charge on any atom is -0.388 e. The number of rotatable bonds is 6. The highest BCUT2D eigenvalue weighted by molar-refractivity contribution is 6.00. The number of Topliss-reactive ketones (excluding diaryl/α,β-unsaturated/α-hetero) is 1. The van der Waals surface area contributed by atoms with E-state index in [1.165, 1.54) is 6.92 Å². The summed E-state index contributed by atoms with van der Waals surface area (Å²) in [4.78, 5) is 23.7. The van der Waals surface area contributed by atoms with E-state index < -0.39 is 5.60 Å². The topological polar surface area (TPSA) is 66.4 Å². The summed E-state index contributed by atoms with van der Waals surface area (Å²) in [6.45, 7) is 9.18. The van der Waals surface area contributed by atoms with Crippen molar-refractivity contribution in [3.05, 3.63) is 34.9 Å². The van der Waals surface area contributed by atoms with E-state index >= 15 is 0 Å². The maximum Gasteiger partial charge on any atom is 0.251 e. The van der Waals surface area contributed by atoms with Crippen molar-refractivity contribution in [2.24, 2.45) is 5.92 Å². The monoisotopic (exact) mass is 291 g/mol. The Morgan fingerprint density at radius 2 is 2.00 bits per heavy atom. The van der Waals surface area contributed by atoms with E-state index in [-0.39, 0.29) is 24.2 Å². The zero-order valence-corrected chi connectivity index (χ0v) is 13.5. The number of hydrogen-bond acceptors (Lipinski definition) is 3. The van der Waals surface area contributed by atoms with Crippen LogP contribution in [0.5, 0.6) is 0 Å². The lowest BCUT2D eigenvalue weighted by molar-refractivity contribution is 0.00592. The van der Waals surface area contributed by atoms with Gasteiger partial charge in [-0.1, -0.05) is 26.3 Å². The van der Waals surface area contributed by atoms with Crippen molar-refractivity contribution >= 4 is 11.7 Å². The van der Waals surface area contributed by atoms with Gasteiger partial charge in [0.1, 0.15) is 0 Å². The van der Waals surface area contributed by atoms with E-state index in [1.807, 2.05) is 20.8 Å². The molecule has 0 unspecified atom stereocenters. The molecule has 1 rings (SSSR count). The molecule has 0 aliphatic rings. The van der Waals surface area contributed by atoms with Gasteiger partial charge in [0.2, 0.25) is 0 Å². The van der Waals surface area contributed by atoms with Gasteiger partial charge >= 0.3 is 0 Å². The third-order valence-electron chi connectivity index (χ3n) is 4.16. The maximum absolute atomic E-state index is 12.2. The number of nitrogens with one attached hydrogen (secondary N) is 1. The smallest absolute Gasteiger partial charge is 0.251 e. The Balaban J connectivity index is 2.82. The minimum absolute atomic E-state index is 0.0613. The van der Waals surface area contributed by atoms with Gasteiger partial charge in [0.25, 0.3) is 5.91 Å². The van der Waals surface area contributed by atoms with E-state index in [1.54, 1.807) is 25.1 Å². The zero-order valence-electron chi connectivity index (χ0n) is 13.5. The Morgan fingerprint density at radius 1 is 1.38 bits per heavy atom. The first-order valence-corrected chi connectivity index (χ1v) is 7.31. The van der Waals surface area contributed by atoms with Gasteiger partial charge in [-0.2, -0.15) is 0 Å². The van der Waals surface area contributed by atoms with E-state index in [0.29, 0.717) is 11.1 Å². The lowest BCUT2D eigenvalue weighted by atomic mass is 9.88. The average molecular weight is 291 g/mol. The minimum atomic E-state index is -0.946. The van der Waals surface area contributed by atoms with Gasteiger partial charge < -0.3 is 10.4 Å². The summed E-state index contributed by atoms with van der Waals surface area (Å²) >= 11 is 0. The largest absolute Gasteiger partial charge is 0.388 e. The Kier molecular flexibility index (Phi) is 5.67. The second-order valence-corrected chi connectivity index (χ2v) is 5.94. The maximum atomic E-state index is 12.2. The molecule has 2 N–H and O–H groups in total. The Hall–Kier alpha value is -1.68. The van der Waals surface area contributed by atoms with Crippen LogP contribution in [0.1, 0.15) is 60.4 Å². The Morgan fingerprint density at radius 3 is 2.52 bits per heavy atom. The van der Waals surface area contributed by atoms with Gasteiger partial charge in [-0.15, -0.1) is 0 Å². The van der Waals surface area contributed by atoms with Gasteiger partial charge in [-0.3, -0.25) is 9.59 Å². The summed E-state index contributed by atoms with van der Waals surface area (Å²) in [5.41, 5.74) is 0.895. The van der Waals surface area contributed by atoms with Crippen molar-refractivity contribution in [1.29, 1.82) is 0 Å². The summed E-state index contributed by atoms with van der Waals surface area (Å²) in [6, 6.07) is 5.05. The summed E-state index contributed by atoms with van der Waals surface area (Å²) < 4.78 is 0. The highest BCUT2D eigenvalue weighted by atomic mass is 16.3. The molecule has 0 aromatic heterocycles. The van der Waals surface area contributed by atoms with Crippen molar-refractivity contribution in [3.8, 4) is 0 Å². The Bertz CT molecular complexity index is 535. The standard InChI is InChI=1S/C17H25NO3/c1-6-12(3)17(5,21)10-18-16(20)14-8-7-11(2)15(9-14)13(4)19/h7-9,12,21H,6,10H2,1-5H3,(H,18,20)/t12-,17-/m1/s1. The van der Waals surface area contributed by atoms with Gasteiger partial charge in [-0.25, -0.2) is 0 Å². The van der Waals surface area contributed by atoms with Crippen molar-refractivity contribution in [2.75, 3.05) is 6.54 Å². The van der Waals surface area contributed by atoms with Gasteiger partial charge in [0.15, 0.2) is 5.78 Å². The fourth-order valence-corrected chi connectivity index (χ4v) is 2.12. The number of aliphatic hydroxyl groups is 1. The predicted molar refractivity (Wildman–Crippen MR) is 83.6 cm³/mol. The molecule has 0 saturated heterocycles. The van der Waals surface area contributed by atoms with Gasteiger partial charge in [-0.05, 0) is 44.4 Å². The summed E-state index contributed by atoms with van der Waals surface area (Å²) in [5.74, 6) is -0.251. The van der Waals surface area contributed by atoms with Crippen LogP contribution in [0.15, 0.2) is 18.2 Å². The first-order chi connectivity index (χ1) is 9.69. The molecule has 0 heterocycles. The molecule has 1 amide bonds. The molecular formula is C17H25NO3. The normalized spacial score (nSPS) is 15.1. The van der Waals surface area contributed by atoms with Crippen LogP contribution in [0, 0.1) is 12.8 Å². The van der Waals surface area contributed by atoms with Gasteiger partial charge in [0.05, 0.1) is 5.60 Å². The molecule has 21 heavy (non-hydrogen) atoms. The number of carbonyl (C=O) groups excluding carboxylic acids is 2. The molecule has 0 aliphatic carbocycles. The second kappa shape index (κ2) is 6.85. The first-order valence-electron chi connectivity index (χ1n) is 7.31. The van der Waals surface area contributed by atoms with Crippen LogP contribution >= 0.6 is 0 Å². The van der Waals surface area contributed by atoms with Gasteiger partial charge in [0, 0.05) is 17.7 Å². The van der Waals surface area contributed by atoms with Crippen molar-refractivity contribution < 1.29 is 14.7 Å². The molecule has 2 atom stereocenters. The molecule has 0 radical (unpaired) electrons. The predicted octanol–water partition coefficient (Wildman–Crippen LogP) is 2.72. The van der Waals surface area contributed by atoms with E-state index in [4.69, 9.17) is 0 Å². The highest BCUT2D eigenvalue weighted by Crippen LogP contribution is 2.19. The van der Waals surface area contributed by atoms with Crippen LogP contribution < -0.4 is 5.32 Å². The van der Waals surface area contributed by atoms with Crippen LogP contribution in [0.3, 0.4) is 0 Å².